The van der Waals surface area contributed by atoms with Crippen LogP contribution in [0.25, 0.3) is 78.2 Å². The van der Waals surface area contributed by atoms with E-state index in [0.717, 1.165) is 76.8 Å². The Hall–Kier alpha value is -5.85. The summed E-state index contributed by atoms with van der Waals surface area (Å²) in [6, 6.07) is 43.7. The quantitative estimate of drug-likeness (QED) is 0.176. The molecule has 0 aliphatic carbocycles. The molecule has 0 radical (unpaired) electrons. The SMILES string of the molecule is Brc1cc(-c2cc(-c3ccc(-c4cccnc4)cc3)nc(-c3ccc(-c4cccnc4)cc3)n2)cc(-c2cccc3ncccc23)c1. The Kier molecular flexibility index (Phi) is 7.61. The van der Waals surface area contributed by atoms with Gasteiger partial charge in [-0.05, 0) is 81.9 Å². The van der Waals surface area contributed by atoms with Crippen LogP contribution in [0.4, 0.5) is 0 Å². The van der Waals surface area contributed by atoms with Crippen LogP contribution in [0.3, 0.4) is 0 Å². The molecule has 222 valence electrons. The molecule has 0 spiro atoms. The zero-order chi connectivity index (χ0) is 31.6. The molecule has 47 heavy (non-hydrogen) atoms. The summed E-state index contributed by atoms with van der Waals surface area (Å²) in [5.41, 5.74) is 12.1. The molecule has 8 aromatic rings. The minimum absolute atomic E-state index is 0.655. The Balaban J connectivity index is 1.25. The van der Waals surface area contributed by atoms with Crippen molar-refractivity contribution >= 4 is 26.8 Å². The topological polar surface area (TPSA) is 64.5 Å². The van der Waals surface area contributed by atoms with Crippen LogP contribution in [0.15, 0.2) is 163 Å². The molecule has 0 amide bonds. The molecule has 0 saturated carbocycles. The van der Waals surface area contributed by atoms with E-state index in [-0.39, 0.29) is 0 Å². The lowest BCUT2D eigenvalue weighted by atomic mass is 9.97. The van der Waals surface area contributed by atoms with Crippen LogP contribution in [0.5, 0.6) is 0 Å². The number of aromatic nitrogens is 5. The van der Waals surface area contributed by atoms with E-state index in [1.165, 1.54) is 0 Å². The molecule has 0 N–H and O–H groups in total. The van der Waals surface area contributed by atoms with E-state index in [2.05, 4.69) is 134 Å². The molecule has 4 aromatic carbocycles. The Morgan fingerprint density at radius 1 is 0.426 bits per heavy atom. The van der Waals surface area contributed by atoms with Crippen LogP contribution in [0.2, 0.25) is 0 Å². The van der Waals surface area contributed by atoms with E-state index < -0.39 is 0 Å². The molecule has 0 aliphatic heterocycles. The zero-order valence-electron chi connectivity index (χ0n) is 25.1. The van der Waals surface area contributed by atoms with Crippen molar-refractivity contribution in [3.8, 4) is 67.3 Å². The molecule has 6 heteroatoms. The van der Waals surface area contributed by atoms with Gasteiger partial charge in [0.2, 0.25) is 0 Å². The van der Waals surface area contributed by atoms with Gasteiger partial charge in [-0.2, -0.15) is 0 Å². The summed E-state index contributed by atoms with van der Waals surface area (Å²) >= 11 is 3.79. The van der Waals surface area contributed by atoms with Crippen molar-refractivity contribution in [1.29, 1.82) is 0 Å². The van der Waals surface area contributed by atoms with Gasteiger partial charge in [0.25, 0.3) is 0 Å². The number of halogens is 1. The van der Waals surface area contributed by atoms with E-state index in [1.54, 1.807) is 12.4 Å². The van der Waals surface area contributed by atoms with E-state index in [1.807, 2.05) is 42.9 Å². The number of fused-ring (bicyclic) bond motifs is 1. The van der Waals surface area contributed by atoms with Gasteiger partial charge in [-0.15, -0.1) is 0 Å². The minimum Gasteiger partial charge on any atom is -0.264 e. The third-order valence-corrected chi connectivity index (χ3v) is 8.65. The van der Waals surface area contributed by atoms with E-state index in [4.69, 9.17) is 9.97 Å². The molecular weight excluding hydrogens is 642 g/mol. The molecule has 0 bridgehead atoms. The summed E-state index contributed by atoms with van der Waals surface area (Å²) in [7, 11) is 0. The Labute approximate surface area is 280 Å². The number of pyridine rings is 3. The van der Waals surface area contributed by atoms with Crippen molar-refractivity contribution in [1.82, 2.24) is 24.9 Å². The lowest BCUT2D eigenvalue weighted by Crippen LogP contribution is -1.96. The first kappa shape index (κ1) is 28.6. The first-order valence-electron chi connectivity index (χ1n) is 15.2. The summed E-state index contributed by atoms with van der Waals surface area (Å²) in [6.07, 6.45) is 9.15. The van der Waals surface area contributed by atoms with Crippen LogP contribution in [0, 0.1) is 0 Å². The van der Waals surface area contributed by atoms with Gasteiger partial charge in [0.05, 0.1) is 16.9 Å². The summed E-state index contributed by atoms with van der Waals surface area (Å²) < 4.78 is 0.967. The highest BCUT2D eigenvalue weighted by molar-refractivity contribution is 9.10. The zero-order valence-corrected chi connectivity index (χ0v) is 26.7. The van der Waals surface area contributed by atoms with Crippen LogP contribution in [-0.2, 0) is 0 Å². The molecule has 4 heterocycles. The largest absolute Gasteiger partial charge is 0.264 e. The average molecular weight is 669 g/mol. The highest BCUT2D eigenvalue weighted by atomic mass is 79.9. The number of nitrogens with zero attached hydrogens (tertiary/aromatic N) is 5. The molecule has 0 saturated heterocycles. The standard InChI is InChI=1S/C41H26BrN5/c42-35-22-33(36-7-1-9-38-37(36)8-4-20-45-38)21-34(23-35)40-24-39(29-14-10-27(11-15-29)31-5-2-18-43-25-31)46-41(47-40)30-16-12-28(13-17-30)32-6-3-19-44-26-32/h1-26H. The van der Waals surface area contributed by atoms with Crippen LogP contribution in [0.1, 0.15) is 0 Å². The first-order valence-corrected chi connectivity index (χ1v) is 16.0. The van der Waals surface area contributed by atoms with Crippen molar-refractivity contribution in [3.63, 3.8) is 0 Å². The fourth-order valence-electron chi connectivity index (χ4n) is 5.83. The summed E-state index contributed by atoms with van der Waals surface area (Å²) in [6.45, 7) is 0. The second-order valence-electron chi connectivity index (χ2n) is 11.2. The Morgan fingerprint density at radius 2 is 1.02 bits per heavy atom. The summed E-state index contributed by atoms with van der Waals surface area (Å²) in [4.78, 5) is 23.4. The van der Waals surface area contributed by atoms with Crippen molar-refractivity contribution in [2.45, 2.75) is 0 Å². The second kappa shape index (κ2) is 12.5. The van der Waals surface area contributed by atoms with Gasteiger partial charge in [-0.25, -0.2) is 9.97 Å². The predicted octanol–water partition coefficient (Wildman–Crippen LogP) is 10.6. The van der Waals surface area contributed by atoms with Gasteiger partial charge >= 0.3 is 0 Å². The van der Waals surface area contributed by atoms with Gasteiger partial charge < -0.3 is 0 Å². The average Bonchev–Trinajstić information content (AvgIpc) is 3.15. The first-order chi connectivity index (χ1) is 23.2. The third-order valence-electron chi connectivity index (χ3n) is 8.19. The normalized spacial score (nSPS) is 11.1. The third kappa shape index (κ3) is 5.94. The predicted molar refractivity (Wildman–Crippen MR) is 193 cm³/mol. The summed E-state index contributed by atoms with van der Waals surface area (Å²) in [5, 5.41) is 1.10. The minimum atomic E-state index is 0.655. The number of rotatable bonds is 6. The van der Waals surface area contributed by atoms with Gasteiger partial charge in [-0.3, -0.25) is 15.0 Å². The van der Waals surface area contributed by atoms with Crippen molar-refractivity contribution in [2.24, 2.45) is 0 Å². The number of hydrogen-bond donors (Lipinski definition) is 0. The molecule has 0 fully saturated rings. The molecule has 0 unspecified atom stereocenters. The molecular formula is C41H26BrN5. The second-order valence-corrected chi connectivity index (χ2v) is 12.1. The molecule has 4 aromatic heterocycles. The van der Waals surface area contributed by atoms with E-state index in [0.29, 0.717) is 5.82 Å². The number of benzene rings is 4. The van der Waals surface area contributed by atoms with Gasteiger partial charge in [0.1, 0.15) is 0 Å². The number of hydrogen-bond acceptors (Lipinski definition) is 5. The lowest BCUT2D eigenvalue weighted by Gasteiger charge is -2.13. The van der Waals surface area contributed by atoms with E-state index in [9.17, 15) is 0 Å². The van der Waals surface area contributed by atoms with Crippen molar-refractivity contribution < 1.29 is 0 Å². The maximum atomic E-state index is 5.14. The molecule has 5 nitrogen and oxygen atoms in total. The van der Waals surface area contributed by atoms with Gasteiger partial charge in [0.15, 0.2) is 5.82 Å². The van der Waals surface area contributed by atoms with Crippen molar-refractivity contribution in [2.75, 3.05) is 0 Å². The van der Waals surface area contributed by atoms with Gasteiger partial charge in [0, 0.05) is 57.5 Å². The highest BCUT2D eigenvalue weighted by Crippen LogP contribution is 2.36. The monoisotopic (exact) mass is 667 g/mol. The van der Waals surface area contributed by atoms with Crippen LogP contribution in [-0.4, -0.2) is 24.9 Å². The Morgan fingerprint density at radius 3 is 1.68 bits per heavy atom. The molecule has 0 aliphatic rings. The Bertz CT molecular complexity index is 2230. The van der Waals surface area contributed by atoms with Crippen LogP contribution < -0.4 is 0 Å². The lowest BCUT2D eigenvalue weighted by molar-refractivity contribution is 1.18. The maximum Gasteiger partial charge on any atom is 0.160 e. The smallest absolute Gasteiger partial charge is 0.160 e. The van der Waals surface area contributed by atoms with Crippen LogP contribution >= 0.6 is 15.9 Å². The maximum absolute atomic E-state index is 5.14. The van der Waals surface area contributed by atoms with Crippen molar-refractivity contribution in [3.05, 3.63) is 163 Å². The highest BCUT2D eigenvalue weighted by Gasteiger charge is 2.14. The fourth-order valence-corrected chi connectivity index (χ4v) is 6.33. The summed E-state index contributed by atoms with van der Waals surface area (Å²) in [5.74, 6) is 0.655. The fraction of sp³-hybridized carbons (Fsp3) is 0. The van der Waals surface area contributed by atoms with E-state index >= 15 is 0 Å². The molecule has 8 rings (SSSR count). The molecule has 0 atom stereocenters. The van der Waals surface area contributed by atoms with Gasteiger partial charge in [-0.1, -0.05) is 94.8 Å².